The molecule has 2 aromatic carbocycles. The van der Waals surface area contributed by atoms with Crippen LogP contribution in [0.25, 0.3) is 5.70 Å². The molecule has 0 saturated carbocycles. The molecule has 3 nitrogen and oxygen atoms in total. The predicted molar refractivity (Wildman–Crippen MR) is 97.5 cm³/mol. The topological polar surface area (TPSA) is 24.8 Å². The summed E-state index contributed by atoms with van der Waals surface area (Å²) in [5, 5.41) is 0. The first kappa shape index (κ1) is 18.9. The van der Waals surface area contributed by atoms with Gasteiger partial charge in [-0.15, -0.1) is 0 Å². The first-order valence-electron chi connectivity index (χ1n) is 8.28. The number of alkyl halides is 4. The molecule has 0 unspecified atom stereocenters. The van der Waals surface area contributed by atoms with Crippen molar-refractivity contribution in [2.24, 2.45) is 4.99 Å². The van der Waals surface area contributed by atoms with Gasteiger partial charge in [0.05, 0.1) is 12.2 Å². The number of hydrogen-bond acceptors (Lipinski definition) is 3. The van der Waals surface area contributed by atoms with Gasteiger partial charge in [-0.1, -0.05) is 12.1 Å². The normalized spacial score (nSPS) is 14.9. The average molecular weight is 378 g/mol. The molecule has 0 bridgehead atoms. The highest BCUT2D eigenvalue weighted by Crippen LogP contribution is 2.31. The summed E-state index contributed by atoms with van der Waals surface area (Å²) in [6.07, 6.45) is 1.75. The molecule has 0 aromatic heterocycles. The summed E-state index contributed by atoms with van der Waals surface area (Å²) in [5.74, 6) is -2.87. The van der Waals surface area contributed by atoms with E-state index in [2.05, 4.69) is 9.73 Å². The first-order valence-corrected chi connectivity index (χ1v) is 8.28. The van der Waals surface area contributed by atoms with E-state index in [1.165, 1.54) is 24.3 Å². The van der Waals surface area contributed by atoms with Crippen molar-refractivity contribution < 1.29 is 22.3 Å². The molecule has 0 aliphatic carbocycles. The highest BCUT2D eigenvalue weighted by molar-refractivity contribution is 5.94. The molecule has 1 aliphatic heterocycles. The number of benzene rings is 2. The van der Waals surface area contributed by atoms with Crippen molar-refractivity contribution in [3.05, 3.63) is 65.9 Å². The van der Waals surface area contributed by atoms with Gasteiger partial charge >= 0.3 is 6.61 Å². The number of halogens is 4. The Morgan fingerprint density at radius 2 is 1.81 bits per heavy atom. The predicted octanol–water partition coefficient (Wildman–Crippen LogP) is 5.68. The molecule has 0 fully saturated rings. The Balaban J connectivity index is 1.90. The molecule has 7 heteroatoms. The van der Waals surface area contributed by atoms with Crippen LogP contribution in [0.5, 0.6) is 5.75 Å². The lowest BCUT2D eigenvalue weighted by Crippen LogP contribution is -2.27. The Morgan fingerprint density at radius 1 is 1.11 bits per heavy atom. The smallest absolute Gasteiger partial charge is 0.387 e. The molecular formula is C20H18F4N2O. The molecule has 1 heterocycles. The minimum Gasteiger partial charge on any atom is -0.435 e. The van der Waals surface area contributed by atoms with Gasteiger partial charge in [0.25, 0.3) is 5.92 Å². The molecule has 1 aliphatic rings. The van der Waals surface area contributed by atoms with Gasteiger partial charge in [-0.3, -0.25) is 4.99 Å². The summed E-state index contributed by atoms with van der Waals surface area (Å²) in [6, 6.07) is 12.3. The van der Waals surface area contributed by atoms with Crippen LogP contribution in [0.3, 0.4) is 0 Å². The van der Waals surface area contributed by atoms with Crippen LogP contribution in [0.2, 0.25) is 0 Å². The Labute approximate surface area is 154 Å². The van der Waals surface area contributed by atoms with Crippen molar-refractivity contribution in [3.63, 3.8) is 0 Å². The van der Waals surface area contributed by atoms with Crippen molar-refractivity contribution in [1.82, 2.24) is 0 Å². The lowest BCUT2D eigenvalue weighted by atomic mass is 10.1. The Bertz CT molecular complexity index is 870. The summed E-state index contributed by atoms with van der Waals surface area (Å²) in [5.41, 5.74) is 2.67. The fourth-order valence-electron chi connectivity index (χ4n) is 2.78. The maximum absolute atomic E-state index is 13.6. The number of anilines is 1. The average Bonchev–Trinajstić information content (AvgIpc) is 2.61. The summed E-state index contributed by atoms with van der Waals surface area (Å²) in [4.78, 5) is 6.32. The van der Waals surface area contributed by atoms with Gasteiger partial charge < -0.3 is 9.64 Å². The van der Waals surface area contributed by atoms with Crippen molar-refractivity contribution in [1.29, 1.82) is 0 Å². The Hall–Kier alpha value is -2.83. The maximum Gasteiger partial charge on any atom is 0.387 e. The summed E-state index contributed by atoms with van der Waals surface area (Å²) in [6.45, 7) is 0.283. The van der Waals surface area contributed by atoms with Crippen LogP contribution in [-0.4, -0.2) is 18.9 Å². The molecule has 0 amide bonds. The fourth-order valence-corrected chi connectivity index (χ4v) is 2.78. The van der Waals surface area contributed by atoms with Crippen molar-refractivity contribution in [3.8, 4) is 5.75 Å². The van der Waals surface area contributed by atoms with E-state index >= 15 is 0 Å². The Morgan fingerprint density at radius 3 is 2.44 bits per heavy atom. The van der Waals surface area contributed by atoms with E-state index in [0.29, 0.717) is 23.5 Å². The highest BCUT2D eigenvalue weighted by atomic mass is 19.3. The number of rotatable bonds is 5. The third-order valence-corrected chi connectivity index (χ3v) is 4.05. The second-order valence-corrected chi connectivity index (χ2v) is 6.33. The molecule has 0 saturated heterocycles. The van der Waals surface area contributed by atoms with Crippen molar-refractivity contribution in [2.45, 2.75) is 26.4 Å². The third-order valence-electron chi connectivity index (χ3n) is 4.05. The van der Waals surface area contributed by atoms with E-state index < -0.39 is 12.5 Å². The molecule has 0 N–H and O–H groups in total. The quantitative estimate of drug-likeness (QED) is 0.626. The van der Waals surface area contributed by atoms with E-state index in [4.69, 9.17) is 0 Å². The van der Waals surface area contributed by atoms with E-state index in [-0.39, 0.29) is 11.3 Å². The minimum atomic E-state index is -2.93. The second-order valence-electron chi connectivity index (χ2n) is 6.33. The van der Waals surface area contributed by atoms with E-state index in [1.807, 2.05) is 11.8 Å². The SMILES string of the molecule is CC1=NC(c2ccc(OC(F)F)cc2)=CN(c2cccc(C(C)(F)F)c2)C1. The molecule has 0 atom stereocenters. The molecule has 142 valence electrons. The number of ether oxygens (including phenoxy) is 1. The second kappa shape index (κ2) is 7.42. The molecule has 27 heavy (non-hydrogen) atoms. The van der Waals surface area contributed by atoms with E-state index in [9.17, 15) is 17.6 Å². The van der Waals surface area contributed by atoms with Gasteiger partial charge in [0.15, 0.2) is 0 Å². The summed E-state index contributed by atoms with van der Waals surface area (Å²) in [7, 11) is 0. The lowest BCUT2D eigenvalue weighted by molar-refractivity contribution is -0.0498. The highest BCUT2D eigenvalue weighted by Gasteiger charge is 2.25. The van der Waals surface area contributed by atoms with Crippen LogP contribution < -0.4 is 9.64 Å². The molecule has 3 rings (SSSR count). The van der Waals surface area contributed by atoms with Crippen LogP contribution >= 0.6 is 0 Å². The Kier molecular flexibility index (Phi) is 5.21. The van der Waals surface area contributed by atoms with E-state index in [0.717, 1.165) is 12.6 Å². The monoisotopic (exact) mass is 378 g/mol. The number of nitrogens with zero attached hydrogens (tertiary/aromatic N) is 2. The third kappa shape index (κ3) is 4.67. The van der Waals surface area contributed by atoms with Crippen LogP contribution in [0, 0.1) is 0 Å². The van der Waals surface area contributed by atoms with Gasteiger partial charge in [0.1, 0.15) is 5.75 Å². The summed E-state index contributed by atoms with van der Waals surface area (Å²) >= 11 is 0. The van der Waals surface area contributed by atoms with Crippen molar-refractivity contribution >= 4 is 17.1 Å². The largest absolute Gasteiger partial charge is 0.435 e. The van der Waals surface area contributed by atoms with Gasteiger partial charge in [-0.05, 0) is 43.3 Å². The molecule has 0 spiro atoms. The van der Waals surface area contributed by atoms with Gasteiger partial charge in [-0.25, -0.2) is 8.78 Å². The number of aliphatic imine (C=N–C) groups is 1. The van der Waals surface area contributed by atoms with Gasteiger partial charge in [0.2, 0.25) is 0 Å². The zero-order valence-corrected chi connectivity index (χ0v) is 14.8. The maximum atomic E-state index is 13.6. The summed E-state index contributed by atoms with van der Waals surface area (Å²) < 4.78 is 56.1. The zero-order valence-electron chi connectivity index (χ0n) is 14.8. The fraction of sp³-hybridized carbons (Fsp3) is 0.250. The van der Waals surface area contributed by atoms with E-state index in [1.54, 1.807) is 30.5 Å². The molecule has 2 aromatic rings. The van der Waals surface area contributed by atoms with Gasteiger partial charge in [0, 0.05) is 35.6 Å². The van der Waals surface area contributed by atoms with Crippen molar-refractivity contribution in [2.75, 3.05) is 11.4 Å². The molecular weight excluding hydrogens is 360 g/mol. The minimum absolute atomic E-state index is 0.0561. The number of hydrogen-bond donors (Lipinski definition) is 0. The lowest BCUT2D eigenvalue weighted by Gasteiger charge is -2.26. The first-order chi connectivity index (χ1) is 12.7. The molecule has 0 radical (unpaired) electrons. The van der Waals surface area contributed by atoms with Crippen LogP contribution in [-0.2, 0) is 5.92 Å². The zero-order chi connectivity index (χ0) is 19.6. The standard InChI is InChI=1S/C20H18F4N2O/c1-13-11-26(16-5-3-4-15(10-16)20(2,23)24)12-18(25-13)14-6-8-17(9-7-14)27-19(21)22/h3-10,12,19H,11H2,1-2H3. The van der Waals surface area contributed by atoms with Crippen LogP contribution in [0.4, 0.5) is 23.2 Å². The van der Waals surface area contributed by atoms with Crippen LogP contribution in [0.1, 0.15) is 25.0 Å². The van der Waals surface area contributed by atoms with Crippen LogP contribution in [0.15, 0.2) is 59.7 Å². The van der Waals surface area contributed by atoms with Gasteiger partial charge in [-0.2, -0.15) is 8.78 Å².